The van der Waals surface area contributed by atoms with Crippen molar-refractivity contribution in [2.45, 2.75) is 13.3 Å². The highest BCUT2D eigenvalue weighted by Crippen LogP contribution is 2.35. The fourth-order valence-corrected chi connectivity index (χ4v) is 3.26. The van der Waals surface area contributed by atoms with E-state index in [9.17, 15) is 19.1 Å². The van der Waals surface area contributed by atoms with Gasteiger partial charge in [-0.2, -0.15) is 14.3 Å². The predicted molar refractivity (Wildman–Crippen MR) is 83.5 cm³/mol. The van der Waals surface area contributed by atoms with Crippen molar-refractivity contribution in [2.75, 3.05) is 44.2 Å². The number of hydrogen-bond donors (Lipinski definition) is 2. The van der Waals surface area contributed by atoms with Gasteiger partial charge in [-0.15, -0.1) is 0 Å². The molecular formula is C15H20FN4O3+. The molecule has 3 rings (SSSR count). The second-order valence-electron chi connectivity index (χ2n) is 5.87. The molecule has 2 aliphatic rings. The first kappa shape index (κ1) is 15.8. The van der Waals surface area contributed by atoms with E-state index in [0.29, 0.717) is 26.2 Å². The Balaban J connectivity index is 2.15. The maximum atomic E-state index is 14.5. The summed E-state index contributed by atoms with van der Waals surface area (Å²) in [6, 6.07) is 1.16. The van der Waals surface area contributed by atoms with Crippen molar-refractivity contribution in [2.24, 2.45) is 0 Å². The van der Waals surface area contributed by atoms with E-state index in [1.165, 1.54) is 0 Å². The van der Waals surface area contributed by atoms with Crippen molar-refractivity contribution in [1.29, 1.82) is 0 Å². The number of carbonyl (C=O) groups excluding carboxylic acids is 1. The van der Waals surface area contributed by atoms with E-state index in [0.717, 1.165) is 6.07 Å². The minimum Gasteiger partial charge on any atom is -0.435 e. The lowest BCUT2D eigenvalue weighted by atomic mass is 10.0. The Morgan fingerprint density at radius 3 is 2.78 bits per heavy atom. The minimum absolute atomic E-state index is 0.0846. The van der Waals surface area contributed by atoms with E-state index in [2.05, 4.69) is 10.3 Å². The summed E-state index contributed by atoms with van der Waals surface area (Å²) in [6.45, 7) is 4.76. The maximum Gasteiger partial charge on any atom is 0.520 e. The van der Waals surface area contributed by atoms with Crippen LogP contribution in [0.15, 0.2) is 6.07 Å². The molecular weight excluding hydrogens is 303 g/mol. The number of carboxylic acid groups (broad SMARTS) is 1. The molecule has 3 heterocycles. The van der Waals surface area contributed by atoms with Gasteiger partial charge in [0, 0.05) is 26.2 Å². The zero-order chi connectivity index (χ0) is 16.6. The Labute approximate surface area is 133 Å². The number of Topliss-reactive ketones (excluding diaryl/α,β-unsaturated/α-hetero) is 1. The predicted octanol–water partition coefficient (Wildman–Crippen LogP) is 1.22. The quantitative estimate of drug-likeness (QED) is 0.797. The summed E-state index contributed by atoms with van der Waals surface area (Å²) in [7, 11) is 0. The van der Waals surface area contributed by atoms with Gasteiger partial charge in [-0.05, 0) is 13.0 Å². The van der Waals surface area contributed by atoms with Crippen LogP contribution in [0.3, 0.4) is 0 Å². The largest absolute Gasteiger partial charge is 0.520 e. The molecule has 0 saturated carbocycles. The van der Waals surface area contributed by atoms with Crippen molar-refractivity contribution in [3.63, 3.8) is 0 Å². The van der Waals surface area contributed by atoms with Gasteiger partial charge in [0.1, 0.15) is 12.1 Å². The van der Waals surface area contributed by atoms with Gasteiger partial charge in [-0.25, -0.2) is 4.39 Å². The molecule has 8 heteroatoms. The van der Waals surface area contributed by atoms with Crippen LogP contribution >= 0.6 is 0 Å². The lowest BCUT2D eigenvalue weighted by molar-refractivity contribution is 0.0932. The number of nitrogens with one attached hydrogen (secondary N) is 1. The van der Waals surface area contributed by atoms with Crippen LogP contribution in [0.25, 0.3) is 0 Å². The summed E-state index contributed by atoms with van der Waals surface area (Å²) in [4.78, 5) is 30.1. The lowest BCUT2D eigenvalue weighted by Crippen LogP contribution is -2.57. The molecule has 0 radical (unpaired) electrons. The number of ketones is 1. The molecule has 1 atom stereocenters. The van der Waals surface area contributed by atoms with Crippen LogP contribution in [0, 0.1) is 5.82 Å². The zero-order valence-corrected chi connectivity index (χ0v) is 13.0. The SMILES string of the molecule is CC[N+]1(C(=O)O)CCC(=O)c2cc(F)c(N3CCNCC3)nc21. The molecule has 124 valence electrons. The number of hydrogen-bond acceptors (Lipinski definition) is 5. The van der Waals surface area contributed by atoms with Crippen LogP contribution in [-0.2, 0) is 0 Å². The van der Waals surface area contributed by atoms with Gasteiger partial charge in [0.05, 0.1) is 13.0 Å². The summed E-state index contributed by atoms with van der Waals surface area (Å²) in [5, 5.41) is 12.9. The Morgan fingerprint density at radius 2 is 2.17 bits per heavy atom. The summed E-state index contributed by atoms with van der Waals surface area (Å²) in [5.74, 6) is -0.523. The molecule has 0 aliphatic carbocycles. The first-order chi connectivity index (χ1) is 11.0. The Kier molecular flexibility index (Phi) is 4.03. The van der Waals surface area contributed by atoms with Crippen molar-refractivity contribution < 1.29 is 19.1 Å². The van der Waals surface area contributed by atoms with Crippen LogP contribution < -0.4 is 14.7 Å². The lowest BCUT2D eigenvalue weighted by Gasteiger charge is -2.35. The van der Waals surface area contributed by atoms with Crippen LogP contribution in [0.2, 0.25) is 0 Å². The summed E-state index contributed by atoms with van der Waals surface area (Å²) < 4.78 is 14.0. The Bertz CT molecular complexity index is 660. The van der Waals surface area contributed by atoms with E-state index in [4.69, 9.17) is 0 Å². The fraction of sp³-hybridized carbons (Fsp3) is 0.533. The van der Waals surface area contributed by atoms with Gasteiger partial charge in [0.25, 0.3) is 5.82 Å². The number of amides is 1. The van der Waals surface area contributed by atoms with Crippen molar-refractivity contribution in [1.82, 2.24) is 14.8 Å². The summed E-state index contributed by atoms with van der Waals surface area (Å²) in [6.07, 6.45) is -0.979. The van der Waals surface area contributed by atoms with E-state index in [-0.39, 0.29) is 42.5 Å². The molecule has 1 unspecified atom stereocenters. The van der Waals surface area contributed by atoms with Gasteiger partial charge >= 0.3 is 6.09 Å². The molecule has 1 saturated heterocycles. The molecule has 2 N–H and O–H groups in total. The molecule has 1 aromatic heterocycles. The molecule has 1 fully saturated rings. The van der Waals surface area contributed by atoms with E-state index < -0.39 is 16.4 Å². The van der Waals surface area contributed by atoms with Crippen molar-refractivity contribution >= 4 is 23.5 Å². The number of piperazine rings is 1. The minimum atomic E-state index is -1.06. The molecule has 0 aromatic carbocycles. The molecule has 1 aromatic rings. The number of halogens is 1. The monoisotopic (exact) mass is 323 g/mol. The van der Waals surface area contributed by atoms with Crippen LogP contribution in [0.4, 0.5) is 20.8 Å². The van der Waals surface area contributed by atoms with Gasteiger partial charge in [-0.1, -0.05) is 0 Å². The number of carbonyl (C=O) groups is 2. The average molecular weight is 323 g/mol. The maximum absolute atomic E-state index is 14.5. The van der Waals surface area contributed by atoms with Crippen LogP contribution in [-0.4, -0.2) is 61.2 Å². The number of aromatic nitrogens is 1. The third-order valence-electron chi connectivity index (χ3n) is 4.69. The fourth-order valence-electron chi connectivity index (χ4n) is 3.26. The third-order valence-corrected chi connectivity index (χ3v) is 4.69. The van der Waals surface area contributed by atoms with Crippen LogP contribution in [0.5, 0.6) is 0 Å². The number of nitrogens with zero attached hydrogens (tertiary/aromatic N) is 3. The van der Waals surface area contributed by atoms with Crippen molar-refractivity contribution in [3.8, 4) is 0 Å². The first-order valence-electron chi connectivity index (χ1n) is 7.80. The van der Waals surface area contributed by atoms with E-state index in [1.807, 2.05) is 0 Å². The number of pyridine rings is 1. The summed E-state index contributed by atoms with van der Waals surface area (Å²) >= 11 is 0. The van der Waals surface area contributed by atoms with E-state index in [1.54, 1.807) is 11.8 Å². The summed E-state index contributed by atoms with van der Waals surface area (Å²) in [5.41, 5.74) is 0.0943. The van der Waals surface area contributed by atoms with Gasteiger partial charge < -0.3 is 15.3 Å². The number of fused-ring (bicyclic) bond motifs is 1. The molecule has 7 nitrogen and oxygen atoms in total. The number of quaternary nitrogens is 1. The smallest absolute Gasteiger partial charge is 0.435 e. The number of anilines is 1. The Morgan fingerprint density at radius 1 is 1.48 bits per heavy atom. The molecule has 0 bridgehead atoms. The highest BCUT2D eigenvalue weighted by Gasteiger charge is 2.47. The molecule has 23 heavy (non-hydrogen) atoms. The molecule has 0 spiro atoms. The first-order valence-corrected chi connectivity index (χ1v) is 7.80. The normalized spacial score (nSPS) is 24.4. The number of rotatable bonds is 2. The standard InChI is InChI=1S/C15H19FN4O3/c1-2-20(15(22)23)8-3-12(21)10-9-11(16)13(18-14(10)20)19-6-4-17-5-7-19/h9,17H,2-8H2,1H3/p+1. The van der Waals surface area contributed by atoms with Gasteiger partial charge in [-0.3, -0.25) is 4.79 Å². The molecule has 2 aliphatic heterocycles. The Hall–Kier alpha value is -2.06. The highest BCUT2D eigenvalue weighted by atomic mass is 19.1. The van der Waals surface area contributed by atoms with E-state index >= 15 is 0 Å². The van der Waals surface area contributed by atoms with Gasteiger partial charge in [0.15, 0.2) is 17.4 Å². The van der Waals surface area contributed by atoms with Crippen molar-refractivity contribution in [3.05, 3.63) is 17.4 Å². The average Bonchev–Trinajstić information content (AvgIpc) is 2.56. The second kappa shape index (κ2) is 5.86. The molecule has 1 amide bonds. The third kappa shape index (κ3) is 2.47. The zero-order valence-electron chi connectivity index (χ0n) is 13.0. The van der Waals surface area contributed by atoms with Crippen LogP contribution in [0.1, 0.15) is 23.7 Å². The second-order valence-corrected chi connectivity index (χ2v) is 5.87. The topological polar surface area (TPSA) is 82.5 Å². The van der Waals surface area contributed by atoms with Gasteiger partial charge in [0.2, 0.25) is 0 Å². The highest BCUT2D eigenvalue weighted by molar-refractivity contribution is 6.04.